The summed E-state index contributed by atoms with van der Waals surface area (Å²) < 4.78 is 38.2. The Bertz CT molecular complexity index is 857. The molecule has 0 spiro atoms. The van der Waals surface area contributed by atoms with Crippen LogP contribution in [0.3, 0.4) is 0 Å². The number of alkyl halides is 3. The summed E-state index contributed by atoms with van der Waals surface area (Å²) in [6.07, 6.45) is -3.85. The molecule has 0 bridgehead atoms. The Kier molecular flexibility index (Phi) is 4.18. The monoisotopic (exact) mass is 347 g/mol. The topological polar surface area (TPSA) is 78.5 Å². The van der Waals surface area contributed by atoms with Crippen LogP contribution >= 0.6 is 0 Å². The number of nitriles is 1. The van der Waals surface area contributed by atoms with Crippen molar-refractivity contribution in [2.45, 2.75) is 24.8 Å². The SMILES string of the molecule is N#CCc1ccnc(-c2ccc(C3=NOC(O)(C(F)(F)F)C3)cc2)c1. The molecule has 1 N–H and O–H groups in total. The maximum absolute atomic E-state index is 12.7. The van der Waals surface area contributed by atoms with Crippen molar-refractivity contribution in [3.63, 3.8) is 0 Å². The Morgan fingerprint density at radius 2 is 1.88 bits per heavy atom. The van der Waals surface area contributed by atoms with E-state index < -0.39 is 18.4 Å². The number of hydrogen-bond acceptors (Lipinski definition) is 5. The fraction of sp³-hybridized carbons (Fsp3) is 0.235. The molecule has 0 fully saturated rings. The van der Waals surface area contributed by atoms with Gasteiger partial charge in [0.15, 0.2) is 0 Å². The summed E-state index contributed by atoms with van der Waals surface area (Å²) in [7, 11) is 0. The van der Waals surface area contributed by atoms with Crippen molar-refractivity contribution in [1.29, 1.82) is 5.26 Å². The second-order valence-electron chi connectivity index (χ2n) is 5.55. The van der Waals surface area contributed by atoms with Gasteiger partial charge in [-0.3, -0.25) is 4.98 Å². The van der Waals surface area contributed by atoms with E-state index in [1.54, 1.807) is 42.6 Å². The highest BCUT2D eigenvalue weighted by molar-refractivity contribution is 6.01. The third-order valence-electron chi connectivity index (χ3n) is 3.78. The molecule has 1 aliphatic rings. The second kappa shape index (κ2) is 6.18. The Balaban J connectivity index is 1.80. The maximum atomic E-state index is 12.7. The molecule has 1 aliphatic heterocycles. The van der Waals surface area contributed by atoms with Crippen molar-refractivity contribution in [3.05, 3.63) is 53.7 Å². The zero-order chi connectivity index (χ0) is 18.1. The van der Waals surface area contributed by atoms with Gasteiger partial charge in [0.2, 0.25) is 0 Å². The van der Waals surface area contributed by atoms with Crippen molar-refractivity contribution in [2.75, 3.05) is 0 Å². The highest BCUT2D eigenvalue weighted by Gasteiger charge is 2.60. The van der Waals surface area contributed by atoms with E-state index in [-0.39, 0.29) is 12.1 Å². The first-order valence-electron chi connectivity index (χ1n) is 7.29. The first-order valence-corrected chi connectivity index (χ1v) is 7.29. The molecular formula is C17H12F3N3O2. The number of nitrogens with zero attached hydrogens (tertiary/aromatic N) is 3. The maximum Gasteiger partial charge on any atom is 0.458 e. The number of pyridine rings is 1. The van der Waals surface area contributed by atoms with Crippen LogP contribution in [0.4, 0.5) is 13.2 Å². The van der Waals surface area contributed by atoms with Crippen molar-refractivity contribution < 1.29 is 23.1 Å². The van der Waals surface area contributed by atoms with Crippen LogP contribution in [0.25, 0.3) is 11.3 Å². The van der Waals surface area contributed by atoms with E-state index in [1.165, 1.54) is 0 Å². The highest BCUT2D eigenvalue weighted by Crippen LogP contribution is 2.39. The standard InChI is InChI=1S/C17H12F3N3O2/c18-17(19,20)16(24)10-15(23-25-16)13-3-1-12(2-4-13)14-9-11(5-7-21)6-8-22-14/h1-4,6,8-9,24H,5,10H2. The summed E-state index contributed by atoms with van der Waals surface area (Å²) in [4.78, 5) is 8.43. The van der Waals surface area contributed by atoms with Gasteiger partial charge in [-0.2, -0.15) is 18.4 Å². The molecule has 25 heavy (non-hydrogen) atoms. The van der Waals surface area contributed by atoms with E-state index in [2.05, 4.69) is 21.0 Å². The molecule has 0 saturated carbocycles. The zero-order valence-electron chi connectivity index (χ0n) is 12.8. The molecule has 0 amide bonds. The van der Waals surface area contributed by atoms with E-state index in [0.29, 0.717) is 11.3 Å². The molecule has 0 radical (unpaired) electrons. The van der Waals surface area contributed by atoms with Crippen LogP contribution in [-0.2, 0) is 11.3 Å². The lowest BCUT2D eigenvalue weighted by atomic mass is 10.00. The molecular weight excluding hydrogens is 335 g/mol. The molecule has 0 aliphatic carbocycles. The van der Waals surface area contributed by atoms with Gasteiger partial charge in [-0.15, -0.1) is 0 Å². The van der Waals surface area contributed by atoms with Gasteiger partial charge in [-0.05, 0) is 23.3 Å². The Morgan fingerprint density at radius 1 is 1.20 bits per heavy atom. The van der Waals surface area contributed by atoms with Gasteiger partial charge in [0.1, 0.15) is 0 Å². The second-order valence-corrected chi connectivity index (χ2v) is 5.55. The van der Waals surface area contributed by atoms with E-state index in [1.807, 2.05) is 0 Å². The van der Waals surface area contributed by atoms with Crippen LogP contribution in [0, 0.1) is 11.3 Å². The summed E-state index contributed by atoms with van der Waals surface area (Å²) >= 11 is 0. The van der Waals surface area contributed by atoms with Gasteiger partial charge in [0.05, 0.1) is 30.3 Å². The minimum atomic E-state index is -4.93. The first kappa shape index (κ1) is 16.9. The van der Waals surface area contributed by atoms with Crippen LogP contribution in [-0.4, -0.2) is 27.8 Å². The van der Waals surface area contributed by atoms with Gasteiger partial charge >= 0.3 is 12.0 Å². The molecule has 1 unspecified atom stereocenters. The summed E-state index contributed by atoms with van der Waals surface area (Å²) in [6, 6.07) is 12.1. The molecule has 0 saturated heterocycles. The molecule has 2 heterocycles. The predicted octanol–water partition coefficient (Wildman–Crippen LogP) is 3.19. The molecule has 128 valence electrons. The zero-order valence-corrected chi connectivity index (χ0v) is 12.8. The van der Waals surface area contributed by atoms with Crippen LogP contribution in [0.5, 0.6) is 0 Å². The summed E-state index contributed by atoms with van der Waals surface area (Å²) in [5.41, 5.74) is 2.64. The lowest BCUT2D eigenvalue weighted by Crippen LogP contribution is -2.45. The average Bonchev–Trinajstić information content (AvgIpc) is 2.99. The van der Waals surface area contributed by atoms with Gasteiger partial charge in [-0.1, -0.05) is 29.4 Å². The Morgan fingerprint density at radius 3 is 2.48 bits per heavy atom. The quantitative estimate of drug-likeness (QED) is 0.925. The highest BCUT2D eigenvalue weighted by atomic mass is 19.4. The third kappa shape index (κ3) is 3.32. The smallest absolute Gasteiger partial charge is 0.350 e. The number of aliphatic hydroxyl groups is 1. The minimum Gasteiger partial charge on any atom is -0.350 e. The Hall–Kier alpha value is -2.92. The molecule has 1 atom stereocenters. The van der Waals surface area contributed by atoms with E-state index in [9.17, 15) is 18.3 Å². The number of halogens is 3. The van der Waals surface area contributed by atoms with Crippen LogP contribution < -0.4 is 0 Å². The summed E-state index contributed by atoms with van der Waals surface area (Å²) in [5.74, 6) is -3.28. The van der Waals surface area contributed by atoms with Crippen LogP contribution in [0.2, 0.25) is 0 Å². The summed E-state index contributed by atoms with van der Waals surface area (Å²) in [6.45, 7) is 0. The van der Waals surface area contributed by atoms with E-state index >= 15 is 0 Å². The van der Waals surface area contributed by atoms with Crippen molar-refractivity contribution in [3.8, 4) is 17.3 Å². The fourth-order valence-corrected chi connectivity index (χ4v) is 2.40. The van der Waals surface area contributed by atoms with Crippen LogP contribution in [0.1, 0.15) is 17.5 Å². The van der Waals surface area contributed by atoms with Gasteiger partial charge in [0, 0.05) is 11.8 Å². The molecule has 1 aromatic heterocycles. The number of hydrogen-bond donors (Lipinski definition) is 1. The van der Waals surface area contributed by atoms with Gasteiger partial charge < -0.3 is 9.94 Å². The number of benzene rings is 1. The lowest BCUT2D eigenvalue weighted by molar-refractivity contribution is -0.355. The lowest BCUT2D eigenvalue weighted by Gasteiger charge is -2.22. The third-order valence-corrected chi connectivity index (χ3v) is 3.78. The minimum absolute atomic E-state index is 0.0116. The molecule has 3 rings (SSSR count). The molecule has 2 aromatic rings. The van der Waals surface area contributed by atoms with E-state index in [0.717, 1.165) is 11.1 Å². The van der Waals surface area contributed by atoms with Crippen molar-refractivity contribution in [2.24, 2.45) is 5.16 Å². The predicted molar refractivity (Wildman–Crippen MR) is 82.2 cm³/mol. The molecule has 8 heteroatoms. The summed E-state index contributed by atoms with van der Waals surface area (Å²) in [5, 5.41) is 21.6. The van der Waals surface area contributed by atoms with Gasteiger partial charge in [-0.25, -0.2) is 0 Å². The molecule has 5 nitrogen and oxygen atoms in total. The first-order chi connectivity index (χ1) is 11.8. The van der Waals surface area contributed by atoms with E-state index in [4.69, 9.17) is 5.26 Å². The van der Waals surface area contributed by atoms with Crippen molar-refractivity contribution in [1.82, 2.24) is 4.98 Å². The molecule has 1 aromatic carbocycles. The number of rotatable bonds is 3. The average molecular weight is 347 g/mol. The normalized spacial score (nSPS) is 19.9. The fourth-order valence-electron chi connectivity index (χ4n) is 2.40. The number of aromatic nitrogens is 1. The van der Waals surface area contributed by atoms with Gasteiger partial charge in [0.25, 0.3) is 0 Å². The Labute approximate surface area is 141 Å². The van der Waals surface area contributed by atoms with Crippen LogP contribution in [0.15, 0.2) is 47.8 Å². The largest absolute Gasteiger partial charge is 0.458 e. The van der Waals surface area contributed by atoms with Crippen molar-refractivity contribution >= 4 is 5.71 Å². The number of oxime groups is 1.